The zero-order valence-electron chi connectivity index (χ0n) is 18.7. The maximum Gasteiger partial charge on any atom is 0.257 e. The van der Waals surface area contributed by atoms with E-state index in [-0.39, 0.29) is 30.0 Å². The minimum Gasteiger partial charge on any atom is -0.493 e. The van der Waals surface area contributed by atoms with Gasteiger partial charge >= 0.3 is 0 Å². The number of benzene rings is 3. The second-order valence-corrected chi connectivity index (χ2v) is 8.00. The Bertz CT molecular complexity index is 1310. The predicted molar refractivity (Wildman–Crippen MR) is 130 cm³/mol. The molecule has 34 heavy (non-hydrogen) atoms. The van der Waals surface area contributed by atoms with Crippen LogP contribution in [0.1, 0.15) is 17.0 Å². The number of H-pyrrole nitrogens is 1. The lowest BCUT2D eigenvalue weighted by atomic mass is 9.90. The van der Waals surface area contributed by atoms with E-state index in [0.717, 1.165) is 22.0 Å². The number of fused-ring (bicyclic) bond motifs is 1. The van der Waals surface area contributed by atoms with Crippen molar-refractivity contribution in [2.75, 3.05) is 27.4 Å². The van der Waals surface area contributed by atoms with Crippen LogP contribution in [-0.2, 0) is 4.79 Å². The number of halogens is 2. The molecule has 1 unspecified atom stereocenters. The number of hydrogen-bond donors (Lipinski definition) is 2. The van der Waals surface area contributed by atoms with Crippen LogP contribution in [0.5, 0.6) is 17.2 Å². The van der Waals surface area contributed by atoms with Crippen LogP contribution in [0.25, 0.3) is 10.9 Å². The van der Waals surface area contributed by atoms with E-state index in [4.69, 9.17) is 25.8 Å². The Kier molecular flexibility index (Phi) is 7.23. The average molecular weight is 483 g/mol. The van der Waals surface area contributed by atoms with Crippen LogP contribution in [0.3, 0.4) is 0 Å². The quantitative estimate of drug-likeness (QED) is 0.339. The molecule has 1 atom stereocenters. The van der Waals surface area contributed by atoms with Crippen LogP contribution < -0.4 is 19.5 Å². The first-order chi connectivity index (χ1) is 16.5. The molecule has 0 aliphatic heterocycles. The van der Waals surface area contributed by atoms with Gasteiger partial charge in [0.1, 0.15) is 11.6 Å². The number of para-hydroxylation sites is 2. The van der Waals surface area contributed by atoms with Crippen molar-refractivity contribution < 1.29 is 23.4 Å². The van der Waals surface area contributed by atoms with E-state index in [1.807, 2.05) is 48.7 Å². The fourth-order valence-corrected chi connectivity index (χ4v) is 4.11. The van der Waals surface area contributed by atoms with E-state index >= 15 is 0 Å². The highest BCUT2D eigenvalue weighted by Gasteiger charge is 2.24. The first-order valence-electron chi connectivity index (χ1n) is 10.6. The van der Waals surface area contributed by atoms with Gasteiger partial charge in [-0.3, -0.25) is 4.79 Å². The second kappa shape index (κ2) is 10.5. The zero-order valence-corrected chi connectivity index (χ0v) is 19.5. The molecule has 4 rings (SSSR count). The lowest BCUT2D eigenvalue weighted by Gasteiger charge is -2.22. The van der Waals surface area contributed by atoms with Crippen LogP contribution >= 0.6 is 11.6 Å². The molecule has 0 saturated heterocycles. The molecule has 6 nitrogen and oxygen atoms in total. The molecule has 0 radical (unpaired) electrons. The molecule has 0 fully saturated rings. The second-order valence-electron chi connectivity index (χ2n) is 7.59. The molecule has 0 spiro atoms. The number of hydrogen-bond acceptors (Lipinski definition) is 4. The van der Waals surface area contributed by atoms with Gasteiger partial charge in [-0.1, -0.05) is 41.9 Å². The van der Waals surface area contributed by atoms with Crippen molar-refractivity contribution in [3.05, 3.63) is 88.8 Å². The third-order valence-electron chi connectivity index (χ3n) is 5.57. The number of aromatic nitrogens is 1. The largest absolute Gasteiger partial charge is 0.493 e. The Morgan fingerprint density at radius 1 is 1.06 bits per heavy atom. The third-order valence-corrected chi connectivity index (χ3v) is 5.86. The maximum atomic E-state index is 13.3. The molecule has 1 aromatic heterocycles. The van der Waals surface area contributed by atoms with Crippen LogP contribution in [0.15, 0.2) is 66.9 Å². The van der Waals surface area contributed by atoms with E-state index in [0.29, 0.717) is 17.2 Å². The fraction of sp³-hybridized carbons (Fsp3) is 0.192. The van der Waals surface area contributed by atoms with E-state index < -0.39 is 5.82 Å². The van der Waals surface area contributed by atoms with Crippen molar-refractivity contribution in [1.29, 1.82) is 0 Å². The van der Waals surface area contributed by atoms with E-state index in [1.54, 1.807) is 14.2 Å². The summed E-state index contributed by atoms with van der Waals surface area (Å²) in [6.45, 7) is 0.0511. The molecule has 1 heterocycles. The van der Waals surface area contributed by atoms with Gasteiger partial charge in [-0.05, 0) is 29.8 Å². The Morgan fingerprint density at radius 2 is 1.88 bits per heavy atom. The molecule has 176 valence electrons. The van der Waals surface area contributed by atoms with Crippen LogP contribution in [0.2, 0.25) is 5.02 Å². The standard InChI is InChI=1S/C26H24ClFN2O4/c1-32-24-9-5-7-18(26(24)33-2)20(19-13-29-23-8-4-3-6-17(19)23)14-30-25(31)15-34-16-10-11-22(28)21(27)12-16/h3-13,20,29H,14-15H2,1-2H3,(H,30,31). The van der Waals surface area contributed by atoms with Crippen molar-refractivity contribution in [3.63, 3.8) is 0 Å². The van der Waals surface area contributed by atoms with Crippen LogP contribution in [0, 0.1) is 5.82 Å². The summed E-state index contributed by atoms with van der Waals surface area (Å²) in [5.74, 6) is 0.411. The molecule has 3 aromatic carbocycles. The number of methoxy groups -OCH3 is 2. The Balaban J connectivity index is 1.58. The zero-order chi connectivity index (χ0) is 24.1. The molecular formula is C26H24ClFN2O4. The summed E-state index contributed by atoms with van der Waals surface area (Å²) in [4.78, 5) is 15.9. The number of amides is 1. The van der Waals surface area contributed by atoms with Gasteiger partial charge in [-0.2, -0.15) is 0 Å². The molecule has 0 aliphatic rings. The molecule has 8 heteroatoms. The van der Waals surface area contributed by atoms with Crippen molar-refractivity contribution >= 4 is 28.4 Å². The summed E-state index contributed by atoms with van der Waals surface area (Å²) in [5, 5.41) is 3.92. The number of carbonyl (C=O) groups is 1. The summed E-state index contributed by atoms with van der Waals surface area (Å²) in [6.07, 6.45) is 1.94. The molecule has 4 aromatic rings. The average Bonchev–Trinajstić information content (AvgIpc) is 3.28. The molecule has 0 bridgehead atoms. The van der Waals surface area contributed by atoms with Gasteiger partial charge < -0.3 is 24.5 Å². The SMILES string of the molecule is COc1cccc(C(CNC(=O)COc2ccc(F)c(Cl)c2)c2c[nH]c3ccccc23)c1OC. The number of rotatable bonds is 9. The first kappa shape index (κ1) is 23.4. The van der Waals surface area contributed by atoms with Gasteiger partial charge in [-0.15, -0.1) is 0 Å². The number of aromatic amines is 1. The smallest absolute Gasteiger partial charge is 0.257 e. The summed E-state index contributed by atoms with van der Waals surface area (Å²) >= 11 is 5.78. The van der Waals surface area contributed by atoms with Crippen LogP contribution in [-0.4, -0.2) is 38.3 Å². The number of carbonyl (C=O) groups excluding carboxylic acids is 1. The number of ether oxygens (including phenoxy) is 3. The molecule has 0 saturated carbocycles. The monoisotopic (exact) mass is 482 g/mol. The van der Waals surface area contributed by atoms with Crippen molar-refractivity contribution in [2.45, 2.75) is 5.92 Å². The first-order valence-corrected chi connectivity index (χ1v) is 11.0. The van der Waals surface area contributed by atoms with Crippen molar-refractivity contribution in [1.82, 2.24) is 10.3 Å². The summed E-state index contributed by atoms with van der Waals surface area (Å²) in [5.41, 5.74) is 2.87. The third kappa shape index (κ3) is 4.94. The van der Waals surface area contributed by atoms with Gasteiger partial charge in [0.15, 0.2) is 18.1 Å². The van der Waals surface area contributed by atoms with Gasteiger partial charge in [0, 0.05) is 41.2 Å². The minimum absolute atomic E-state index is 0.0672. The number of nitrogens with one attached hydrogen (secondary N) is 2. The Hall–Kier alpha value is -3.71. The minimum atomic E-state index is -0.549. The molecular weight excluding hydrogens is 459 g/mol. The normalized spacial score (nSPS) is 11.8. The lowest BCUT2D eigenvalue weighted by Crippen LogP contribution is -2.33. The summed E-state index contributed by atoms with van der Waals surface area (Å²) in [6, 6.07) is 17.6. The highest BCUT2D eigenvalue weighted by Crippen LogP contribution is 2.40. The Morgan fingerprint density at radius 3 is 2.65 bits per heavy atom. The maximum absolute atomic E-state index is 13.3. The summed E-state index contributed by atoms with van der Waals surface area (Å²) < 4.78 is 30.0. The van der Waals surface area contributed by atoms with E-state index in [9.17, 15) is 9.18 Å². The van der Waals surface area contributed by atoms with Gasteiger partial charge in [0.05, 0.1) is 19.2 Å². The molecule has 0 aliphatic carbocycles. The molecule has 2 N–H and O–H groups in total. The van der Waals surface area contributed by atoms with Gasteiger partial charge in [-0.25, -0.2) is 4.39 Å². The van der Waals surface area contributed by atoms with E-state index in [2.05, 4.69) is 10.3 Å². The predicted octanol–water partition coefficient (Wildman–Crippen LogP) is 5.30. The van der Waals surface area contributed by atoms with Crippen molar-refractivity contribution in [3.8, 4) is 17.2 Å². The summed E-state index contributed by atoms with van der Waals surface area (Å²) in [7, 11) is 3.18. The lowest BCUT2D eigenvalue weighted by molar-refractivity contribution is -0.123. The fourth-order valence-electron chi connectivity index (χ4n) is 3.94. The van der Waals surface area contributed by atoms with E-state index in [1.165, 1.54) is 18.2 Å². The van der Waals surface area contributed by atoms with Gasteiger partial charge in [0.2, 0.25) is 0 Å². The molecule has 1 amide bonds. The van der Waals surface area contributed by atoms with Crippen LogP contribution in [0.4, 0.5) is 4.39 Å². The highest BCUT2D eigenvalue weighted by atomic mass is 35.5. The van der Waals surface area contributed by atoms with Gasteiger partial charge in [0.25, 0.3) is 5.91 Å². The Labute approximate surface area is 201 Å². The van der Waals surface area contributed by atoms with Crippen molar-refractivity contribution in [2.24, 2.45) is 0 Å². The topological polar surface area (TPSA) is 72.6 Å². The highest BCUT2D eigenvalue weighted by molar-refractivity contribution is 6.30.